The predicted octanol–water partition coefficient (Wildman–Crippen LogP) is 3.71. The van der Waals surface area contributed by atoms with E-state index in [1.807, 2.05) is 0 Å². The first-order valence-corrected chi connectivity index (χ1v) is 7.26. The summed E-state index contributed by atoms with van der Waals surface area (Å²) in [7, 11) is 2.15. The van der Waals surface area contributed by atoms with E-state index >= 15 is 0 Å². The van der Waals surface area contributed by atoms with Crippen LogP contribution in [-0.2, 0) is 13.1 Å². The topological polar surface area (TPSA) is 28.4 Å². The van der Waals surface area contributed by atoms with Crippen LogP contribution in [0.2, 0.25) is 0 Å². The van der Waals surface area contributed by atoms with Gasteiger partial charge in [-0.25, -0.2) is 0 Å². The van der Waals surface area contributed by atoms with Gasteiger partial charge in [-0.05, 0) is 59.7 Å². The van der Waals surface area contributed by atoms with E-state index in [-0.39, 0.29) is 5.54 Å². The average Bonchev–Trinajstić information content (AvgIpc) is 2.65. The van der Waals surface area contributed by atoms with Gasteiger partial charge in [-0.2, -0.15) is 0 Å². The molecule has 0 fully saturated rings. The Bertz CT molecular complexity index is 390. The van der Waals surface area contributed by atoms with Crippen molar-refractivity contribution in [3.63, 3.8) is 0 Å². The second-order valence-electron chi connectivity index (χ2n) is 6.59. The van der Waals surface area contributed by atoms with Crippen molar-refractivity contribution in [3.8, 4) is 0 Å². The maximum Gasteiger partial charge on any atom is 0.120 e. The molecule has 1 unspecified atom stereocenters. The van der Waals surface area contributed by atoms with E-state index in [1.54, 1.807) is 0 Å². The minimum absolute atomic E-state index is 0.118. The van der Waals surface area contributed by atoms with Crippen LogP contribution in [0, 0.1) is 6.92 Å². The first kappa shape index (κ1) is 16.3. The molecule has 0 aliphatic heterocycles. The molecular formula is C16H30N2O. The highest BCUT2D eigenvalue weighted by Crippen LogP contribution is 2.18. The fourth-order valence-corrected chi connectivity index (χ4v) is 1.90. The summed E-state index contributed by atoms with van der Waals surface area (Å²) in [5, 5.41) is 3.47. The Morgan fingerprint density at radius 1 is 1.37 bits per heavy atom. The lowest BCUT2D eigenvalue weighted by Crippen LogP contribution is -2.35. The molecular weight excluding hydrogens is 236 g/mol. The normalized spacial score (nSPS) is 14.1. The van der Waals surface area contributed by atoms with Gasteiger partial charge in [0.1, 0.15) is 11.5 Å². The van der Waals surface area contributed by atoms with E-state index in [0.717, 1.165) is 31.0 Å². The van der Waals surface area contributed by atoms with Gasteiger partial charge in [0.05, 0.1) is 13.1 Å². The van der Waals surface area contributed by atoms with E-state index in [2.05, 4.69) is 64.9 Å². The number of rotatable bonds is 6. The molecule has 1 N–H and O–H groups in total. The smallest absolute Gasteiger partial charge is 0.120 e. The van der Waals surface area contributed by atoms with Crippen LogP contribution in [-0.4, -0.2) is 23.5 Å². The van der Waals surface area contributed by atoms with Crippen molar-refractivity contribution in [1.29, 1.82) is 0 Å². The van der Waals surface area contributed by atoms with Gasteiger partial charge in [0, 0.05) is 11.6 Å². The summed E-state index contributed by atoms with van der Waals surface area (Å²) in [6, 6.07) is 2.75. The molecule has 0 saturated carbocycles. The molecule has 1 rings (SSSR count). The van der Waals surface area contributed by atoms with Crippen LogP contribution < -0.4 is 5.32 Å². The Morgan fingerprint density at radius 3 is 2.53 bits per heavy atom. The highest BCUT2D eigenvalue weighted by atomic mass is 16.3. The Kier molecular flexibility index (Phi) is 5.63. The zero-order valence-electron chi connectivity index (χ0n) is 13.6. The van der Waals surface area contributed by atoms with Crippen molar-refractivity contribution in [3.05, 3.63) is 23.2 Å². The molecule has 0 amide bonds. The van der Waals surface area contributed by atoms with Gasteiger partial charge in [0.15, 0.2) is 0 Å². The lowest BCUT2D eigenvalue weighted by molar-refractivity contribution is 0.222. The zero-order chi connectivity index (χ0) is 14.6. The molecule has 0 aliphatic rings. The summed E-state index contributed by atoms with van der Waals surface area (Å²) in [6.07, 6.45) is 1.16. The summed E-state index contributed by atoms with van der Waals surface area (Å²) in [5.74, 6) is 2.12. The number of nitrogens with one attached hydrogen (secondary N) is 1. The Morgan fingerprint density at radius 2 is 2.00 bits per heavy atom. The zero-order valence-corrected chi connectivity index (χ0v) is 13.6. The Balaban J connectivity index is 2.63. The molecule has 0 saturated heterocycles. The lowest BCUT2D eigenvalue weighted by atomic mass is 10.1. The predicted molar refractivity (Wildman–Crippen MR) is 81.3 cm³/mol. The van der Waals surface area contributed by atoms with E-state index in [0.29, 0.717) is 6.04 Å². The molecule has 3 nitrogen and oxygen atoms in total. The molecule has 0 bridgehead atoms. The van der Waals surface area contributed by atoms with Crippen LogP contribution in [0.1, 0.15) is 58.1 Å². The number of hydrogen-bond acceptors (Lipinski definition) is 3. The van der Waals surface area contributed by atoms with Gasteiger partial charge in [0.2, 0.25) is 0 Å². The monoisotopic (exact) mass is 266 g/mol. The third-order valence-electron chi connectivity index (χ3n) is 3.60. The van der Waals surface area contributed by atoms with Crippen LogP contribution in [0.4, 0.5) is 0 Å². The van der Waals surface area contributed by atoms with Crippen LogP contribution in [0.3, 0.4) is 0 Å². The fraction of sp³-hybridized carbons (Fsp3) is 0.750. The van der Waals surface area contributed by atoms with Crippen molar-refractivity contribution >= 4 is 0 Å². The third-order valence-corrected chi connectivity index (χ3v) is 3.60. The van der Waals surface area contributed by atoms with Crippen molar-refractivity contribution in [2.75, 3.05) is 7.05 Å². The summed E-state index contributed by atoms with van der Waals surface area (Å²) < 4.78 is 5.97. The molecule has 3 heteroatoms. The van der Waals surface area contributed by atoms with Gasteiger partial charge in [-0.3, -0.25) is 4.90 Å². The van der Waals surface area contributed by atoms with Crippen molar-refractivity contribution in [1.82, 2.24) is 10.2 Å². The molecule has 19 heavy (non-hydrogen) atoms. The van der Waals surface area contributed by atoms with E-state index < -0.39 is 0 Å². The second kappa shape index (κ2) is 6.58. The van der Waals surface area contributed by atoms with Gasteiger partial charge < -0.3 is 9.73 Å². The average molecular weight is 266 g/mol. The third kappa shape index (κ3) is 5.37. The van der Waals surface area contributed by atoms with Crippen LogP contribution in [0.5, 0.6) is 0 Å². The molecule has 0 aromatic carbocycles. The van der Waals surface area contributed by atoms with E-state index in [1.165, 1.54) is 5.56 Å². The lowest BCUT2D eigenvalue weighted by Gasteiger charge is -2.22. The van der Waals surface area contributed by atoms with Gasteiger partial charge in [0.25, 0.3) is 0 Å². The summed E-state index contributed by atoms with van der Waals surface area (Å²) >= 11 is 0. The summed E-state index contributed by atoms with van der Waals surface area (Å²) in [6.45, 7) is 14.8. The largest absolute Gasteiger partial charge is 0.463 e. The van der Waals surface area contributed by atoms with Crippen LogP contribution in [0.15, 0.2) is 10.5 Å². The molecule has 1 aromatic rings. The van der Waals surface area contributed by atoms with E-state index in [9.17, 15) is 0 Å². The number of aryl methyl sites for hydroxylation is 1. The molecule has 1 heterocycles. The molecule has 0 aliphatic carbocycles. The minimum atomic E-state index is 0.118. The second-order valence-corrected chi connectivity index (χ2v) is 6.59. The maximum absolute atomic E-state index is 5.97. The standard InChI is InChI=1S/C16H30N2O/c1-8-13(3)18(7)11-14-9-12(2)15(19-14)10-17-16(4,5)6/h9,13,17H,8,10-11H2,1-7H3. The molecule has 1 atom stereocenters. The number of hydrogen-bond donors (Lipinski definition) is 1. The molecule has 110 valence electrons. The van der Waals surface area contributed by atoms with Crippen LogP contribution in [0.25, 0.3) is 0 Å². The summed E-state index contributed by atoms with van der Waals surface area (Å²) in [5.41, 5.74) is 1.36. The number of furan rings is 1. The van der Waals surface area contributed by atoms with Crippen LogP contribution >= 0.6 is 0 Å². The number of nitrogens with zero attached hydrogens (tertiary/aromatic N) is 1. The molecule has 0 radical (unpaired) electrons. The molecule has 1 aromatic heterocycles. The van der Waals surface area contributed by atoms with Gasteiger partial charge in [-0.15, -0.1) is 0 Å². The fourth-order valence-electron chi connectivity index (χ4n) is 1.90. The first-order valence-electron chi connectivity index (χ1n) is 7.26. The van der Waals surface area contributed by atoms with E-state index in [4.69, 9.17) is 4.42 Å². The molecule has 0 spiro atoms. The van der Waals surface area contributed by atoms with Gasteiger partial charge >= 0.3 is 0 Å². The van der Waals surface area contributed by atoms with Gasteiger partial charge in [-0.1, -0.05) is 6.92 Å². The first-order chi connectivity index (χ1) is 8.73. The van der Waals surface area contributed by atoms with Crippen molar-refractivity contribution < 1.29 is 4.42 Å². The Labute approximate surface area is 118 Å². The highest BCUT2D eigenvalue weighted by molar-refractivity contribution is 5.20. The highest BCUT2D eigenvalue weighted by Gasteiger charge is 2.15. The van der Waals surface area contributed by atoms with Crippen molar-refractivity contribution in [2.45, 2.75) is 72.6 Å². The van der Waals surface area contributed by atoms with Crippen molar-refractivity contribution in [2.24, 2.45) is 0 Å². The SMILES string of the molecule is CCC(C)N(C)Cc1cc(C)c(CNC(C)(C)C)o1. The summed E-state index contributed by atoms with van der Waals surface area (Å²) in [4.78, 5) is 2.33. The maximum atomic E-state index is 5.97. The Hall–Kier alpha value is -0.800. The quantitative estimate of drug-likeness (QED) is 0.851. The minimum Gasteiger partial charge on any atom is -0.463 e.